The number of carbonyl (C=O) groups is 1. The SMILES string of the molecule is CCOC(=O)C1(c2c(N)ncnc2-c2ccc([N+](=O)[O-])cc2)CC=CCC1. The predicted octanol–water partition coefficient (Wildman–Crippen LogP) is 3.18. The zero-order valence-electron chi connectivity index (χ0n) is 14.9. The molecule has 0 aliphatic heterocycles. The van der Waals surface area contributed by atoms with Crippen molar-refractivity contribution in [3.63, 3.8) is 0 Å². The number of aromatic nitrogens is 2. The zero-order chi connectivity index (χ0) is 19.4. The smallest absolute Gasteiger partial charge is 0.317 e. The number of benzene rings is 1. The maximum absolute atomic E-state index is 12.9. The highest BCUT2D eigenvalue weighted by atomic mass is 16.6. The Kier molecular flexibility index (Phi) is 5.16. The Hall–Kier alpha value is -3.29. The van der Waals surface area contributed by atoms with Crippen molar-refractivity contribution in [1.29, 1.82) is 0 Å². The fraction of sp³-hybridized carbons (Fsp3) is 0.316. The van der Waals surface area contributed by atoms with Crippen LogP contribution in [-0.4, -0.2) is 27.5 Å². The third-order valence-corrected chi connectivity index (χ3v) is 4.74. The summed E-state index contributed by atoms with van der Waals surface area (Å²) in [4.78, 5) is 31.9. The molecule has 0 amide bonds. The van der Waals surface area contributed by atoms with Gasteiger partial charge in [0, 0.05) is 23.3 Å². The fourth-order valence-electron chi connectivity index (χ4n) is 3.45. The highest BCUT2D eigenvalue weighted by molar-refractivity contribution is 5.89. The first-order valence-corrected chi connectivity index (χ1v) is 8.67. The number of nitrogens with zero attached hydrogens (tertiary/aromatic N) is 3. The van der Waals surface area contributed by atoms with E-state index in [0.29, 0.717) is 36.1 Å². The van der Waals surface area contributed by atoms with Crippen LogP contribution < -0.4 is 5.73 Å². The monoisotopic (exact) mass is 368 g/mol. The van der Waals surface area contributed by atoms with Gasteiger partial charge in [-0.15, -0.1) is 0 Å². The first-order chi connectivity index (χ1) is 13.0. The molecule has 27 heavy (non-hydrogen) atoms. The number of carbonyl (C=O) groups excluding carboxylic acids is 1. The molecule has 0 radical (unpaired) electrons. The van der Waals surface area contributed by atoms with E-state index in [1.54, 1.807) is 19.1 Å². The van der Waals surface area contributed by atoms with Crippen molar-refractivity contribution in [1.82, 2.24) is 9.97 Å². The summed E-state index contributed by atoms with van der Waals surface area (Å²) >= 11 is 0. The minimum atomic E-state index is -0.979. The van der Waals surface area contributed by atoms with E-state index in [1.165, 1.54) is 18.5 Å². The summed E-state index contributed by atoms with van der Waals surface area (Å²) in [6.45, 7) is 2.01. The second kappa shape index (κ2) is 7.53. The van der Waals surface area contributed by atoms with Crippen molar-refractivity contribution in [3.8, 4) is 11.3 Å². The number of hydrogen-bond acceptors (Lipinski definition) is 7. The molecule has 1 aromatic heterocycles. The molecular weight excluding hydrogens is 348 g/mol. The van der Waals surface area contributed by atoms with Crippen LogP contribution in [0, 0.1) is 10.1 Å². The fourth-order valence-corrected chi connectivity index (χ4v) is 3.45. The molecule has 2 aromatic rings. The Morgan fingerprint density at radius 3 is 2.63 bits per heavy atom. The van der Waals surface area contributed by atoms with Crippen LogP contribution in [0.1, 0.15) is 31.7 Å². The second-order valence-corrected chi connectivity index (χ2v) is 6.30. The summed E-state index contributed by atoms with van der Waals surface area (Å²) in [6.07, 6.45) is 6.94. The molecule has 8 heteroatoms. The third kappa shape index (κ3) is 3.38. The lowest BCUT2D eigenvalue weighted by Gasteiger charge is -2.34. The van der Waals surface area contributed by atoms with E-state index in [2.05, 4.69) is 9.97 Å². The highest BCUT2D eigenvalue weighted by Crippen LogP contribution is 2.44. The third-order valence-electron chi connectivity index (χ3n) is 4.74. The molecule has 1 aliphatic rings. The summed E-state index contributed by atoms with van der Waals surface area (Å²) in [5.74, 6) is -0.152. The molecule has 8 nitrogen and oxygen atoms in total. The van der Waals surface area contributed by atoms with Gasteiger partial charge in [0.25, 0.3) is 5.69 Å². The van der Waals surface area contributed by atoms with Crippen molar-refractivity contribution in [3.05, 3.63) is 58.4 Å². The molecule has 0 spiro atoms. The van der Waals surface area contributed by atoms with Crippen molar-refractivity contribution in [2.75, 3.05) is 12.3 Å². The molecule has 0 fully saturated rings. The van der Waals surface area contributed by atoms with Crippen LogP contribution in [0.2, 0.25) is 0 Å². The summed E-state index contributed by atoms with van der Waals surface area (Å²) in [7, 11) is 0. The Bertz CT molecular complexity index is 895. The van der Waals surface area contributed by atoms with Gasteiger partial charge in [0.1, 0.15) is 17.6 Å². The van der Waals surface area contributed by atoms with Crippen molar-refractivity contribution in [2.45, 2.75) is 31.6 Å². The molecule has 3 rings (SSSR count). The highest BCUT2D eigenvalue weighted by Gasteiger charge is 2.45. The van der Waals surface area contributed by atoms with E-state index in [-0.39, 0.29) is 24.1 Å². The van der Waals surface area contributed by atoms with Crippen molar-refractivity contribution in [2.24, 2.45) is 0 Å². The van der Waals surface area contributed by atoms with Gasteiger partial charge in [-0.1, -0.05) is 12.2 Å². The standard InChI is InChI=1S/C19H20N4O4/c1-2-27-18(24)19(10-4-3-5-11-19)15-16(21-12-22-17(15)20)13-6-8-14(9-7-13)23(25)26/h3-4,6-9,12H,2,5,10-11H2,1H3,(H2,20,21,22). The van der Waals surface area contributed by atoms with Crippen molar-refractivity contribution >= 4 is 17.5 Å². The molecule has 1 aliphatic carbocycles. The van der Waals surface area contributed by atoms with E-state index < -0.39 is 10.3 Å². The number of ether oxygens (including phenoxy) is 1. The Morgan fingerprint density at radius 1 is 1.30 bits per heavy atom. The minimum absolute atomic E-state index is 0.0250. The lowest BCUT2D eigenvalue weighted by Crippen LogP contribution is -2.40. The van der Waals surface area contributed by atoms with E-state index in [4.69, 9.17) is 10.5 Å². The Balaban J connectivity index is 2.18. The summed E-state index contributed by atoms with van der Waals surface area (Å²) in [5.41, 5.74) is 6.82. The molecule has 1 unspecified atom stereocenters. The second-order valence-electron chi connectivity index (χ2n) is 6.30. The number of nitrogens with two attached hydrogens (primary N) is 1. The van der Waals surface area contributed by atoms with Crippen LogP contribution in [0.4, 0.5) is 11.5 Å². The number of anilines is 1. The first-order valence-electron chi connectivity index (χ1n) is 8.67. The quantitative estimate of drug-likeness (QED) is 0.372. The molecule has 140 valence electrons. The molecule has 1 atom stereocenters. The van der Waals surface area contributed by atoms with Crippen LogP contribution in [0.5, 0.6) is 0 Å². The number of rotatable bonds is 5. The molecular formula is C19H20N4O4. The molecule has 0 saturated heterocycles. The first kappa shape index (κ1) is 18.5. The number of nitrogen functional groups attached to an aromatic ring is 1. The molecule has 0 saturated carbocycles. The number of nitro groups is 1. The van der Waals surface area contributed by atoms with E-state index in [9.17, 15) is 14.9 Å². The van der Waals surface area contributed by atoms with Gasteiger partial charge in [-0.05, 0) is 38.3 Å². The number of hydrogen-bond donors (Lipinski definition) is 1. The Labute approximate surface area is 156 Å². The largest absolute Gasteiger partial charge is 0.465 e. The molecule has 2 N–H and O–H groups in total. The number of non-ortho nitro benzene ring substituents is 1. The van der Waals surface area contributed by atoms with Gasteiger partial charge in [0.15, 0.2) is 0 Å². The van der Waals surface area contributed by atoms with E-state index in [0.717, 1.165) is 0 Å². The maximum Gasteiger partial charge on any atom is 0.317 e. The number of allylic oxidation sites excluding steroid dienone is 2. The molecule has 1 heterocycles. The van der Waals surface area contributed by atoms with Crippen LogP contribution >= 0.6 is 0 Å². The van der Waals surface area contributed by atoms with Crippen LogP contribution in [0.15, 0.2) is 42.7 Å². The average molecular weight is 368 g/mol. The minimum Gasteiger partial charge on any atom is -0.465 e. The number of nitro benzene ring substituents is 1. The van der Waals surface area contributed by atoms with Gasteiger partial charge in [0.2, 0.25) is 0 Å². The van der Waals surface area contributed by atoms with Gasteiger partial charge in [0.05, 0.1) is 17.2 Å². The summed E-state index contributed by atoms with van der Waals surface area (Å²) in [5, 5.41) is 10.9. The Morgan fingerprint density at radius 2 is 2.04 bits per heavy atom. The lowest BCUT2D eigenvalue weighted by molar-refractivity contribution is -0.384. The van der Waals surface area contributed by atoms with Crippen LogP contribution in [0.25, 0.3) is 11.3 Å². The molecule has 0 bridgehead atoms. The zero-order valence-corrected chi connectivity index (χ0v) is 14.9. The van der Waals surface area contributed by atoms with E-state index in [1.807, 2.05) is 12.2 Å². The van der Waals surface area contributed by atoms with Gasteiger partial charge in [-0.2, -0.15) is 0 Å². The van der Waals surface area contributed by atoms with Gasteiger partial charge >= 0.3 is 5.97 Å². The average Bonchev–Trinajstić information content (AvgIpc) is 2.68. The van der Waals surface area contributed by atoms with Gasteiger partial charge < -0.3 is 10.5 Å². The van der Waals surface area contributed by atoms with Crippen LogP contribution in [0.3, 0.4) is 0 Å². The lowest BCUT2D eigenvalue weighted by atomic mass is 9.70. The normalized spacial score (nSPS) is 18.9. The maximum atomic E-state index is 12.9. The summed E-state index contributed by atoms with van der Waals surface area (Å²) < 4.78 is 5.36. The van der Waals surface area contributed by atoms with Gasteiger partial charge in [-0.25, -0.2) is 9.97 Å². The van der Waals surface area contributed by atoms with E-state index >= 15 is 0 Å². The summed E-state index contributed by atoms with van der Waals surface area (Å²) in [6, 6.07) is 5.99. The van der Waals surface area contributed by atoms with Gasteiger partial charge in [-0.3, -0.25) is 14.9 Å². The number of esters is 1. The molecule has 1 aromatic carbocycles. The topological polar surface area (TPSA) is 121 Å². The van der Waals surface area contributed by atoms with Crippen molar-refractivity contribution < 1.29 is 14.5 Å². The van der Waals surface area contributed by atoms with Crippen LogP contribution in [-0.2, 0) is 14.9 Å². The predicted molar refractivity (Wildman–Crippen MR) is 99.8 cm³/mol.